The van der Waals surface area contributed by atoms with Crippen molar-refractivity contribution < 1.29 is 14.7 Å². The van der Waals surface area contributed by atoms with Crippen LogP contribution in [-0.2, 0) is 0 Å². The molecule has 6 nitrogen and oxygen atoms in total. The van der Waals surface area contributed by atoms with Crippen molar-refractivity contribution in [3.63, 3.8) is 0 Å². The lowest BCUT2D eigenvalue weighted by Gasteiger charge is -2.27. The second kappa shape index (κ2) is 7.52. The van der Waals surface area contributed by atoms with E-state index in [4.69, 9.17) is 15.7 Å². The SMILES string of the molecule is COc1ccc(C)cc1C(=O)N(CCC(N)=NO)C(C)C. The van der Waals surface area contributed by atoms with Crippen molar-refractivity contribution in [3.8, 4) is 5.75 Å². The van der Waals surface area contributed by atoms with E-state index >= 15 is 0 Å². The number of nitrogens with zero attached hydrogens (tertiary/aromatic N) is 2. The fraction of sp³-hybridized carbons (Fsp3) is 0.467. The van der Waals surface area contributed by atoms with Gasteiger partial charge in [0.2, 0.25) is 0 Å². The second-order valence-electron chi connectivity index (χ2n) is 5.14. The first-order valence-electron chi connectivity index (χ1n) is 6.82. The first-order chi connectivity index (χ1) is 9.90. The molecule has 0 saturated heterocycles. The van der Waals surface area contributed by atoms with Gasteiger partial charge in [0.05, 0.1) is 12.7 Å². The van der Waals surface area contributed by atoms with E-state index in [0.29, 0.717) is 24.3 Å². The number of rotatable bonds is 6. The maximum atomic E-state index is 12.7. The van der Waals surface area contributed by atoms with Gasteiger partial charge in [0.1, 0.15) is 11.6 Å². The van der Waals surface area contributed by atoms with Crippen molar-refractivity contribution in [1.82, 2.24) is 4.90 Å². The van der Waals surface area contributed by atoms with E-state index in [1.165, 1.54) is 7.11 Å². The summed E-state index contributed by atoms with van der Waals surface area (Å²) in [6.07, 6.45) is 0.314. The molecule has 0 spiro atoms. The van der Waals surface area contributed by atoms with E-state index in [9.17, 15) is 4.79 Å². The van der Waals surface area contributed by atoms with Crippen molar-refractivity contribution in [2.24, 2.45) is 10.9 Å². The van der Waals surface area contributed by atoms with Crippen LogP contribution in [0.25, 0.3) is 0 Å². The third kappa shape index (κ3) is 4.37. The summed E-state index contributed by atoms with van der Waals surface area (Å²) in [6, 6.07) is 5.48. The zero-order valence-corrected chi connectivity index (χ0v) is 13.0. The molecule has 1 amide bonds. The molecule has 6 heteroatoms. The minimum Gasteiger partial charge on any atom is -0.496 e. The molecule has 0 aliphatic carbocycles. The van der Waals surface area contributed by atoms with Gasteiger partial charge in [-0.25, -0.2) is 0 Å². The third-order valence-electron chi connectivity index (χ3n) is 3.21. The lowest BCUT2D eigenvalue weighted by molar-refractivity contribution is 0.0707. The first kappa shape index (κ1) is 16.8. The van der Waals surface area contributed by atoms with Crippen LogP contribution in [0, 0.1) is 6.92 Å². The van der Waals surface area contributed by atoms with Gasteiger partial charge in [-0.05, 0) is 32.9 Å². The van der Waals surface area contributed by atoms with E-state index in [0.717, 1.165) is 5.56 Å². The topological polar surface area (TPSA) is 88.2 Å². The lowest BCUT2D eigenvalue weighted by Crippen LogP contribution is -2.39. The Morgan fingerprint density at radius 1 is 1.48 bits per heavy atom. The van der Waals surface area contributed by atoms with Crippen molar-refractivity contribution in [2.75, 3.05) is 13.7 Å². The lowest BCUT2D eigenvalue weighted by atomic mass is 10.1. The van der Waals surface area contributed by atoms with Crippen LogP contribution in [0.15, 0.2) is 23.4 Å². The number of benzene rings is 1. The zero-order chi connectivity index (χ0) is 16.0. The van der Waals surface area contributed by atoms with Gasteiger partial charge < -0.3 is 20.6 Å². The van der Waals surface area contributed by atoms with Crippen molar-refractivity contribution in [1.29, 1.82) is 0 Å². The Morgan fingerprint density at radius 3 is 2.67 bits per heavy atom. The van der Waals surface area contributed by atoms with Crippen LogP contribution in [0.4, 0.5) is 0 Å². The highest BCUT2D eigenvalue weighted by atomic mass is 16.5. The molecule has 1 aromatic rings. The number of ether oxygens (including phenoxy) is 1. The number of oxime groups is 1. The minimum atomic E-state index is -0.128. The molecule has 0 aromatic heterocycles. The largest absolute Gasteiger partial charge is 0.496 e. The number of aryl methyl sites for hydroxylation is 1. The molecule has 1 rings (SSSR count). The molecule has 0 heterocycles. The van der Waals surface area contributed by atoms with Crippen LogP contribution in [0.1, 0.15) is 36.2 Å². The van der Waals surface area contributed by atoms with Gasteiger partial charge in [0.15, 0.2) is 0 Å². The summed E-state index contributed by atoms with van der Waals surface area (Å²) in [5.74, 6) is 0.515. The standard InChI is InChI=1S/C15H23N3O3/c1-10(2)18(8-7-14(16)17-20)15(19)12-9-11(3)5-6-13(12)21-4/h5-6,9-10,20H,7-8H2,1-4H3,(H2,16,17). The first-order valence-corrected chi connectivity index (χ1v) is 6.82. The van der Waals surface area contributed by atoms with Crippen molar-refractivity contribution in [3.05, 3.63) is 29.3 Å². The van der Waals surface area contributed by atoms with E-state index < -0.39 is 0 Å². The average Bonchev–Trinajstić information content (AvgIpc) is 2.46. The summed E-state index contributed by atoms with van der Waals surface area (Å²) in [4.78, 5) is 14.4. The summed E-state index contributed by atoms with van der Waals surface area (Å²) < 4.78 is 5.26. The van der Waals surface area contributed by atoms with E-state index in [1.54, 1.807) is 17.0 Å². The average molecular weight is 293 g/mol. The Labute approximate surface area is 125 Å². The molecule has 0 aliphatic heterocycles. The molecule has 0 bridgehead atoms. The molecular formula is C15H23N3O3. The number of carbonyl (C=O) groups is 1. The molecule has 21 heavy (non-hydrogen) atoms. The van der Waals surface area contributed by atoms with Crippen LogP contribution in [-0.4, -0.2) is 41.5 Å². The predicted octanol–water partition coefficient (Wildman–Crippen LogP) is 1.99. The zero-order valence-electron chi connectivity index (χ0n) is 13.0. The molecule has 0 fully saturated rings. The molecule has 0 saturated carbocycles. The van der Waals surface area contributed by atoms with Crippen LogP contribution in [0.2, 0.25) is 0 Å². The van der Waals surface area contributed by atoms with Gasteiger partial charge in [0, 0.05) is 19.0 Å². The number of nitrogens with two attached hydrogens (primary N) is 1. The van der Waals surface area contributed by atoms with E-state index in [2.05, 4.69) is 5.16 Å². The molecule has 0 aliphatic rings. The maximum absolute atomic E-state index is 12.7. The molecule has 3 N–H and O–H groups in total. The van der Waals surface area contributed by atoms with Gasteiger partial charge in [-0.3, -0.25) is 4.79 Å². The monoisotopic (exact) mass is 293 g/mol. The van der Waals surface area contributed by atoms with Gasteiger partial charge in [-0.2, -0.15) is 0 Å². The molecule has 0 unspecified atom stereocenters. The Morgan fingerprint density at radius 2 is 2.14 bits per heavy atom. The van der Waals surface area contributed by atoms with Crippen LogP contribution in [0.5, 0.6) is 5.75 Å². The fourth-order valence-corrected chi connectivity index (χ4v) is 2.02. The van der Waals surface area contributed by atoms with Crippen LogP contribution < -0.4 is 10.5 Å². The van der Waals surface area contributed by atoms with Crippen molar-refractivity contribution in [2.45, 2.75) is 33.2 Å². The highest BCUT2D eigenvalue weighted by Crippen LogP contribution is 2.22. The predicted molar refractivity (Wildman–Crippen MR) is 81.9 cm³/mol. The number of hydrogen-bond donors (Lipinski definition) is 2. The molecule has 1 aromatic carbocycles. The molecule has 116 valence electrons. The Kier molecular flexibility index (Phi) is 6.02. The summed E-state index contributed by atoms with van der Waals surface area (Å²) in [5, 5.41) is 11.5. The number of carbonyl (C=O) groups excluding carboxylic acids is 1. The van der Waals surface area contributed by atoms with Crippen LogP contribution in [0.3, 0.4) is 0 Å². The smallest absolute Gasteiger partial charge is 0.257 e. The Bertz CT molecular complexity index is 527. The van der Waals surface area contributed by atoms with Crippen LogP contribution >= 0.6 is 0 Å². The van der Waals surface area contributed by atoms with E-state index in [1.807, 2.05) is 26.8 Å². The van der Waals surface area contributed by atoms with Gasteiger partial charge in [0.25, 0.3) is 5.91 Å². The highest BCUT2D eigenvalue weighted by Gasteiger charge is 2.22. The van der Waals surface area contributed by atoms with E-state index in [-0.39, 0.29) is 17.8 Å². The molecule has 0 radical (unpaired) electrons. The van der Waals surface area contributed by atoms with Gasteiger partial charge in [-0.15, -0.1) is 0 Å². The molecule has 0 atom stereocenters. The van der Waals surface area contributed by atoms with Gasteiger partial charge in [-0.1, -0.05) is 16.8 Å². The normalized spacial score (nSPS) is 11.6. The highest BCUT2D eigenvalue weighted by molar-refractivity contribution is 5.97. The quantitative estimate of drug-likeness (QED) is 0.363. The summed E-state index contributed by atoms with van der Waals surface area (Å²) >= 11 is 0. The maximum Gasteiger partial charge on any atom is 0.257 e. The number of methoxy groups -OCH3 is 1. The minimum absolute atomic E-state index is 0.00536. The summed E-state index contributed by atoms with van der Waals surface area (Å²) in [7, 11) is 1.54. The number of amidine groups is 1. The number of amides is 1. The fourth-order valence-electron chi connectivity index (χ4n) is 2.02. The molecular weight excluding hydrogens is 270 g/mol. The third-order valence-corrected chi connectivity index (χ3v) is 3.21. The van der Waals surface area contributed by atoms with Gasteiger partial charge >= 0.3 is 0 Å². The summed E-state index contributed by atoms with van der Waals surface area (Å²) in [6.45, 7) is 6.15. The number of hydrogen-bond acceptors (Lipinski definition) is 4. The second-order valence-corrected chi connectivity index (χ2v) is 5.14. The summed E-state index contributed by atoms with van der Waals surface area (Å²) in [5.41, 5.74) is 6.98. The van der Waals surface area contributed by atoms with Crippen molar-refractivity contribution >= 4 is 11.7 Å². The Balaban J connectivity index is 3.03. The Hall–Kier alpha value is -2.24.